The van der Waals surface area contributed by atoms with Crippen molar-refractivity contribution in [2.24, 2.45) is 0 Å². The summed E-state index contributed by atoms with van der Waals surface area (Å²) in [6, 6.07) is 14.8. The molecule has 0 aromatic heterocycles. The summed E-state index contributed by atoms with van der Waals surface area (Å²) in [4.78, 5) is 12.0. The highest BCUT2D eigenvalue weighted by molar-refractivity contribution is 14.1. The van der Waals surface area contributed by atoms with E-state index < -0.39 is 0 Å². The molecule has 0 saturated carbocycles. The van der Waals surface area contributed by atoms with E-state index in [0.717, 1.165) is 9.13 Å². The van der Waals surface area contributed by atoms with Crippen molar-refractivity contribution in [2.75, 3.05) is 13.2 Å². The van der Waals surface area contributed by atoms with Crippen LogP contribution in [0.1, 0.15) is 15.9 Å². The fraction of sp³-hybridized carbons (Fsp3) is 0.118. The minimum atomic E-state index is -0.0213. The summed E-state index contributed by atoms with van der Waals surface area (Å²) < 4.78 is 6.38. The SMILES string of the molecule is O=C(C=Cc1ccc(OCCO)cc1)c1ccc(I)cc1. The van der Waals surface area contributed by atoms with Crippen LogP contribution in [0.2, 0.25) is 0 Å². The van der Waals surface area contributed by atoms with Gasteiger partial charge in [-0.2, -0.15) is 0 Å². The minimum Gasteiger partial charge on any atom is -0.491 e. The highest BCUT2D eigenvalue weighted by atomic mass is 127. The van der Waals surface area contributed by atoms with Gasteiger partial charge < -0.3 is 9.84 Å². The minimum absolute atomic E-state index is 0.00777. The monoisotopic (exact) mass is 394 g/mol. The van der Waals surface area contributed by atoms with E-state index in [0.29, 0.717) is 11.3 Å². The Balaban J connectivity index is 2.00. The standard InChI is InChI=1S/C17H15IO3/c18-15-6-4-14(5-7-15)17(20)10-3-13-1-8-16(9-2-13)21-12-11-19/h1-10,19H,11-12H2. The number of halogens is 1. The van der Waals surface area contributed by atoms with E-state index in [1.165, 1.54) is 0 Å². The lowest BCUT2D eigenvalue weighted by atomic mass is 10.1. The summed E-state index contributed by atoms with van der Waals surface area (Å²) in [5.41, 5.74) is 1.60. The van der Waals surface area contributed by atoms with Gasteiger partial charge in [0.05, 0.1) is 6.61 Å². The second-order valence-electron chi connectivity index (χ2n) is 4.35. The van der Waals surface area contributed by atoms with Crippen molar-refractivity contribution in [2.45, 2.75) is 0 Å². The van der Waals surface area contributed by atoms with Gasteiger partial charge in [0.2, 0.25) is 0 Å². The lowest BCUT2D eigenvalue weighted by Crippen LogP contribution is -2.01. The van der Waals surface area contributed by atoms with Gasteiger partial charge in [0.1, 0.15) is 12.4 Å². The molecule has 0 fully saturated rings. The molecule has 0 radical (unpaired) electrons. The Morgan fingerprint density at radius 2 is 1.76 bits per heavy atom. The second-order valence-corrected chi connectivity index (χ2v) is 5.59. The molecule has 3 nitrogen and oxygen atoms in total. The molecule has 21 heavy (non-hydrogen) atoms. The third kappa shape index (κ3) is 4.99. The van der Waals surface area contributed by atoms with Gasteiger partial charge in [-0.3, -0.25) is 4.79 Å². The first kappa shape index (κ1) is 15.7. The molecule has 0 aliphatic carbocycles. The third-order valence-corrected chi connectivity index (χ3v) is 3.52. The van der Waals surface area contributed by atoms with Crippen molar-refractivity contribution in [3.05, 3.63) is 69.3 Å². The zero-order valence-corrected chi connectivity index (χ0v) is 13.5. The molecule has 0 saturated heterocycles. The van der Waals surface area contributed by atoms with Crippen molar-refractivity contribution in [1.82, 2.24) is 0 Å². The van der Waals surface area contributed by atoms with Crippen LogP contribution >= 0.6 is 22.6 Å². The van der Waals surface area contributed by atoms with Crippen LogP contribution in [0.15, 0.2) is 54.6 Å². The largest absolute Gasteiger partial charge is 0.491 e. The lowest BCUT2D eigenvalue weighted by Gasteiger charge is -2.03. The molecule has 0 atom stereocenters. The Bertz CT molecular complexity index is 615. The predicted molar refractivity (Wildman–Crippen MR) is 91.5 cm³/mol. The first-order chi connectivity index (χ1) is 10.2. The molecule has 2 rings (SSSR count). The van der Waals surface area contributed by atoms with E-state index in [1.807, 2.05) is 48.5 Å². The van der Waals surface area contributed by atoms with Crippen molar-refractivity contribution < 1.29 is 14.6 Å². The predicted octanol–water partition coefficient (Wildman–Crippen LogP) is 3.56. The van der Waals surface area contributed by atoms with Crippen molar-refractivity contribution >= 4 is 34.5 Å². The number of ether oxygens (including phenoxy) is 1. The van der Waals surface area contributed by atoms with Gasteiger partial charge in [-0.05, 0) is 58.5 Å². The van der Waals surface area contributed by atoms with Crippen LogP contribution in [0.3, 0.4) is 0 Å². The Morgan fingerprint density at radius 3 is 2.38 bits per heavy atom. The van der Waals surface area contributed by atoms with Crippen molar-refractivity contribution in [3.63, 3.8) is 0 Å². The molecule has 0 amide bonds. The highest BCUT2D eigenvalue weighted by Crippen LogP contribution is 2.14. The van der Waals surface area contributed by atoms with Gasteiger partial charge in [0.25, 0.3) is 0 Å². The number of aliphatic hydroxyl groups excluding tert-OH is 1. The highest BCUT2D eigenvalue weighted by Gasteiger charge is 2.01. The average molecular weight is 394 g/mol. The van der Waals surface area contributed by atoms with Gasteiger partial charge in [0, 0.05) is 9.13 Å². The van der Waals surface area contributed by atoms with Gasteiger partial charge in [0.15, 0.2) is 5.78 Å². The van der Waals surface area contributed by atoms with Gasteiger partial charge in [-0.15, -0.1) is 0 Å². The van der Waals surface area contributed by atoms with E-state index in [2.05, 4.69) is 22.6 Å². The van der Waals surface area contributed by atoms with Crippen LogP contribution in [0, 0.1) is 3.57 Å². The maximum atomic E-state index is 12.0. The molecule has 2 aromatic carbocycles. The molecule has 0 aliphatic heterocycles. The van der Waals surface area contributed by atoms with E-state index >= 15 is 0 Å². The topological polar surface area (TPSA) is 46.5 Å². The molecule has 108 valence electrons. The summed E-state index contributed by atoms with van der Waals surface area (Å²) in [5, 5.41) is 8.68. The number of hydrogen-bond donors (Lipinski definition) is 1. The molecule has 4 heteroatoms. The molecule has 0 spiro atoms. The summed E-state index contributed by atoms with van der Waals surface area (Å²) in [6.07, 6.45) is 3.34. The molecule has 0 bridgehead atoms. The molecule has 2 aromatic rings. The van der Waals surface area contributed by atoms with Gasteiger partial charge in [-0.25, -0.2) is 0 Å². The van der Waals surface area contributed by atoms with Crippen LogP contribution in [-0.4, -0.2) is 24.1 Å². The Kier molecular flexibility index (Phi) is 5.95. The van der Waals surface area contributed by atoms with Crippen molar-refractivity contribution in [1.29, 1.82) is 0 Å². The molecule has 0 aliphatic rings. The fourth-order valence-corrected chi connectivity index (χ4v) is 2.08. The van der Waals surface area contributed by atoms with E-state index in [1.54, 1.807) is 12.2 Å². The Labute approximate surface area is 137 Å². The maximum Gasteiger partial charge on any atom is 0.185 e. The zero-order chi connectivity index (χ0) is 15.1. The summed E-state index contributed by atoms with van der Waals surface area (Å²) in [6.45, 7) is 0.270. The quantitative estimate of drug-likeness (QED) is 0.463. The first-order valence-corrected chi connectivity index (χ1v) is 7.58. The Morgan fingerprint density at radius 1 is 1.10 bits per heavy atom. The summed E-state index contributed by atoms with van der Waals surface area (Å²) in [5.74, 6) is 0.678. The number of ketones is 1. The summed E-state index contributed by atoms with van der Waals surface area (Å²) >= 11 is 2.21. The molecular formula is C17H15IO3. The van der Waals surface area contributed by atoms with Crippen LogP contribution in [0.5, 0.6) is 5.75 Å². The van der Waals surface area contributed by atoms with Crippen LogP contribution < -0.4 is 4.74 Å². The Hall–Kier alpha value is -1.66. The number of carbonyl (C=O) groups is 1. The molecule has 0 heterocycles. The fourth-order valence-electron chi connectivity index (χ4n) is 1.72. The van der Waals surface area contributed by atoms with Crippen molar-refractivity contribution in [3.8, 4) is 5.75 Å². The number of allylic oxidation sites excluding steroid dienone is 1. The zero-order valence-electron chi connectivity index (χ0n) is 11.3. The molecule has 0 unspecified atom stereocenters. The smallest absolute Gasteiger partial charge is 0.185 e. The summed E-state index contributed by atoms with van der Waals surface area (Å²) in [7, 11) is 0. The number of aliphatic hydroxyl groups is 1. The van der Waals surface area contributed by atoms with E-state index in [-0.39, 0.29) is 19.0 Å². The van der Waals surface area contributed by atoms with E-state index in [4.69, 9.17) is 9.84 Å². The van der Waals surface area contributed by atoms with Crippen LogP contribution in [-0.2, 0) is 0 Å². The lowest BCUT2D eigenvalue weighted by molar-refractivity contribution is 0.104. The normalized spacial score (nSPS) is 10.8. The average Bonchev–Trinajstić information content (AvgIpc) is 2.52. The maximum absolute atomic E-state index is 12.0. The van der Waals surface area contributed by atoms with Crippen LogP contribution in [0.4, 0.5) is 0 Å². The number of hydrogen-bond acceptors (Lipinski definition) is 3. The number of benzene rings is 2. The van der Waals surface area contributed by atoms with E-state index in [9.17, 15) is 4.79 Å². The molecular weight excluding hydrogens is 379 g/mol. The third-order valence-electron chi connectivity index (χ3n) is 2.80. The van der Waals surface area contributed by atoms with Gasteiger partial charge in [-0.1, -0.05) is 30.3 Å². The van der Waals surface area contributed by atoms with Gasteiger partial charge >= 0.3 is 0 Å². The first-order valence-electron chi connectivity index (χ1n) is 6.51. The number of carbonyl (C=O) groups excluding carboxylic acids is 1. The molecule has 1 N–H and O–H groups in total. The second kappa shape index (κ2) is 7.95. The number of rotatable bonds is 6. The van der Waals surface area contributed by atoms with Crippen LogP contribution in [0.25, 0.3) is 6.08 Å².